The molecule has 0 aromatic carbocycles. The minimum atomic E-state index is -0.713. The highest BCUT2D eigenvalue weighted by molar-refractivity contribution is 7.99. The zero-order chi connectivity index (χ0) is 11.7. The van der Waals surface area contributed by atoms with Gasteiger partial charge in [0.15, 0.2) is 0 Å². The number of carboxylic acid groups (broad SMARTS) is 1. The van der Waals surface area contributed by atoms with E-state index in [9.17, 15) is 4.79 Å². The summed E-state index contributed by atoms with van der Waals surface area (Å²) in [7, 11) is 0. The van der Waals surface area contributed by atoms with E-state index >= 15 is 0 Å². The number of rotatable bonds is 9. The molecule has 0 saturated heterocycles. The topological polar surface area (TPSA) is 57.5 Å². The lowest BCUT2D eigenvalue weighted by atomic mass is 9.88. The minimum Gasteiger partial charge on any atom is -0.481 e. The molecule has 0 saturated carbocycles. The van der Waals surface area contributed by atoms with E-state index in [2.05, 4.69) is 0 Å². The van der Waals surface area contributed by atoms with Gasteiger partial charge in [0.2, 0.25) is 0 Å². The summed E-state index contributed by atoms with van der Waals surface area (Å²) in [5.41, 5.74) is -0.588. The number of aliphatic carboxylic acids is 1. The number of carbonyl (C=O) groups is 1. The lowest BCUT2D eigenvalue weighted by Crippen LogP contribution is -2.23. The summed E-state index contributed by atoms with van der Waals surface area (Å²) in [4.78, 5) is 10.8. The third kappa shape index (κ3) is 7.68. The van der Waals surface area contributed by atoms with Gasteiger partial charge in [-0.2, -0.15) is 11.8 Å². The Morgan fingerprint density at radius 2 is 1.80 bits per heavy atom. The molecule has 0 bridgehead atoms. The first-order chi connectivity index (χ1) is 7.00. The van der Waals surface area contributed by atoms with Crippen LogP contribution >= 0.6 is 11.8 Å². The zero-order valence-corrected chi connectivity index (χ0v) is 10.5. The van der Waals surface area contributed by atoms with Crippen molar-refractivity contribution >= 4 is 17.7 Å². The number of carboxylic acids is 1. The van der Waals surface area contributed by atoms with Crippen molar-refractivity contribution in [3.63, 3.8) is 0 Å². The van der Waals surface area contributed by atoms with Gasteiger partial charge in [0, 0.05) is 6.61 Å². The summed E-state index contributed by atoms with van der Waals surface area (Å²) in [5, 5.41) is 17.4. The van der Waals surface area contributed by atoms with Crippen LogP contribution < -0.4 is 0 Å². The van der Waals surface area contributed by atoms with Crippen molar-refractivity contribution < 1.29 is 15.0 Å². The van der Waals surface area contributed by atoms with E-state index < -0.39 is 11.4 Å². The molecule has 15 heavy (non-hydrogen) atoms. The molecule has 0 heterocycles. The fraction of sp³-hybridized carbons (Fsp3) is 0.909. The number of thioether (sulfide) groups is 1. The molecule has 0 aromatic heterocycles. The highest BCUT2D eigenvalue weighted by Gasteiger charge is 2.25. The second kappa shape index (κ2) is 7.99. The van der Waals surface area contributed by atoms with E-state index in [1.54, 1.807) is 13.8 Å². The van der Waals surface area contributed by atoms with Crippen LogP contribution in [0.3, 0.4) is 0 Å². The number of hydrogen-bond acceptors (Lipinski definition) is 3. The fourth-order valence-corrected chi connectivity index (χ4v) is 2.09. The molecule has 0 fully saturated rings. The van der Waals surface area contributed by atoms with Crippen LogP contribution in [0.15, 0.2) is 0 Å². The lowest BCUT2D eigenvalue weighted by molar-refractivity contribution is -0.147. The predicted molar refractivity (Wildman–Crippen MR) is 64.3 cm³/mol. The largest absolute Gasteiger partial charge is 0.481 e. The highest BCUT2D eigenvalue weighted by atomic mass is 32.2. The summed E-state index contributed by atoms with van der Waals surface area (Å²) in [6.45, 7) is 3.81. The molecule has 0 aromatic rings. The molecule has 4 heteroatoms. The SMILES string of the molecule is CC(C)(CCCCSCCCO)C(=O)O. The van der Waals surface area contributed by atoms with Crippen molar-refractivity contribution in [1.82, 2.24) is 0 Å². The number of unbranched alkanes of at least 4 members (excludes halogenated alkanes) is 1. The molecular formula is C11H22O3S. The van der Waals surface area contributed by atoms with Gasteiger partial charge in [0.25, 0.3) is 0 Å². The molecule has 3 nitrogen and oxygen atoms in total. The van der Waals surface area contributed by atoms with Crippen LogP contribution in [0.4, 0.5) is 0 Å². The van der Waals surface area contributed by atoms with Crippen LogP contribution in [0.2, 0.25) is 0 Å². The van der Waals surface area contributed by atoms with E-state index in [-0.39, 0.29) is 6.61 Å². The second-order valence-corrected chi connectivity index (χ2v) is 5.56. The Balaban J connectivity index is 3.35. The maximum atomic E-state index is 10.8. The quantitative estimate of drug-likeness (QED) is 0.601. The maximum absolute atomic E-state index is 10.8. The Bertz CT molecular complexity index is 181. The Kier molecular flexibility index (Phi) is 7.88. The average molecular weight is 234 g/mol. The summed E-state index contributed by atoms with van der Waals surface area (Å²) >= 11 is 1.83. The van der Waals surface area contributed by atoms with Crippen molar-refractivity contribution in [2.24, 2.45) is 5.41 Å². The molecule has 0 rings (SSSR count). The molecular weight excluding hydrogens is 212 g/mol. The van der Waals surface area contributed by atoms with Crippen LogP contribution in [0.5, 0.6) is 0 Å². The third-order valence-electron chi connectivity index (χ3n) is 2.37. The van der Waals surface area contributed by atoms with E-state index in [0.717, 1.165) is 37.2 Å². The van der Waals surface area contributed by atoms with Crippen molar-refractivity contribution in [3.8, 4) is 0 Å². The molecule has 2 N–H and O–H groups in total. The van der Waals surface area contributed by atoms with Crippen LogP contribution in [-0.4, -0.2) is 34.3 Å². The van der Waals surface area contributed by atoms with Crippen LogP contribution in [0, 0.1) is 5.41 Å². The Morgan fingerprint density at radius 1 is 1.20 bits per heavy atom. The van der Waals surface area contributed by atoms with Crippen molar-refractivity contribution in [3.05, 3.63) is 0 Å². The van der Waals surface area contributed by atoms with Gasteiger partial charge >= 0.3 is 5.97 Å². The Morgan fingerprint density at radius 3 is 2.33 bits per heavy atom. The second-order valence-electron chi connectivity index (χ2n) is 4.34. The summed E-state index contributed by atoms with van der Waals surface area (Å²) in [5.74, 6) is 1.35. The van der Waals surface area contributed by atoms with E-state index in [1.165, 1.54) is 0 Å². The molecule has 0 aliphatic heterocycles. The van der Waals surface area contributed by atoms with Gasteiger partial charge in [-0.15, -0.1) is 0 Å². The summed E-state index contributed by atoms with van der Waals surface area (Å²) < 4.78 is 0. The van der Waals surface area contributed by atoms with Crippen LogP contribution in [0.25, 0.3) is 0 Å². The highest BCUT2D eigenvalue weighted by Crippen LogP contribution is 2.23. The molecule has 0 unspecified atom stereocenters. The Labute approximate surface area is 96.3 Å². The van der Waals surface area contributed by atoms with Gasteiger partial charge in [0.1, 0.15) is 0 Å². The molecule has 0 aliphatic carbocycles. The molecule has 0 spiro atoms. The molecule has 0 aliphatic rings. The molecule has 90 valence electrons. The van der Waals surface area contributed by atoms with Crippen LogP contribution in [0.1, 0.15) is 39.5 Å². The van der Waals surface area contributed by atoms with E-state index in [0.29, 0.717) is 0 Å². The first-order valence-corrected chi connectivity index (χ1v) is 6.58. The van der Waals surface area contributed by atoms with Crippen molar-refractivity contribution in [1.29, 1.82) is 0 Å². The first-order valence-electron chi connectivity index (χ1n) is 5.42. The van der Waals surface area contributed by atoms with E-state index in [4.69, 9.17) is 10.2 Å². The van der Waals surface area contributed by atoms with Gasteiger partial charge in [-0.25, -0.2) is 0 Å². The number of aliphatic hydroxyl groups excluding tert-OH is 1. The lowest BCUT2D eigenvalue weighted by Gasteiger charge is -2.18. The normalized spacial score (nSPS) is 11.7. The molecule has 0 amide bonds. The fourth-order valence-electron chi connectivity index (χ4n) is 1.15. The van der Waals surface area contributed by atoms with Gasteiger partial charge in [-0.05, 0) is 44.6 Å². The molecule has 0 radical (unpaired) electrons. The summed E-state index contributed by atoms with van der Waals surface area (Å²) in [6.07, 6.45) is 3.62. The van der Waals surface area contributed by atoms with Crippen LogP contribution in [-0.2, 0) is 4.79 Å². The Hall–Kier alpha value is -0.220. The third-order valence-corrected chi connectivity index (χ3v) is 3.52. The standard InChI is InChI=1S/C11H22O3S/c1-11(2,10(13)14)6-3-4-8-15-9-5-7-12/h12H,3-9H2,1-2H3,(H,13,14). The predicted octanol–water partition coefficient (Wildman–Crippen LogP) is 2.38. The zero-order valence-electron chi connectivity index (χ0n) is 9.66. The summed E-state index contributed by atoms with van der Waals surface area (Å²) in [6, 6.07) is 0. The molecule has 0 atom stereocenters. The van der Waals surface area contributed by atoms with Gasteiger partial charge in [-0.1, -0.05) is 6.42 Å². The van der Waals surface area contributed by atoms with Crippen molar-refractivity contribution in [2.75, 3.05) is 18.1 Å². The average Bonchev–Trinajstić information content (AvgIpc) is 2.16. The number of aliphatic hydroxyl groups is 1. The van der Waals surface area contributed by atoms with Gasteiger partial charge < -0.3 is 10.2 Å². The number of hydrogen-bond donors (Lipinski definition) is 2. The smallest absolute Gasteiger partial charge is 0.309 e. The van der Waals surface area contributed by atoms with Crippen molar-refractivity contribution in [2.45, 2.75) is 39.5 Å². The maximum Gasteiger partial charge on any atom is 0.309 e. The van der Waals surface area contributed by atoms with Gasteiger partial charge in [-0.3, -0.25) is 4.79 Å². The van der Waals surface area contributed by atoms with E-state index in [1.807, 2.05) is 11.8 Å². The first kappa shape index (κ1) is 14.8. The minimum absolute atomic E-state index is 0.263. The van der Waals surface area contributed by atoms with Gasteiger partial charge in [0.05, 0.1) is 5.41 Å². The monoisotopic (exact) mass is 234 g/mol.